The molecule has 0 saturated heterocycles. The summed E-state index contributed by atoms with van der Waals surface area (Å²) in [6.45, 7) is 7.96. The largest absolute Gasteiger partial charge is 0.358 e. The zero-order chi connectivity index (χ0) is 14.3. The van der Waals surface area contributed by atoms with E-state index in [9.17, 15) is 0 Å². The van der Waals surface area contributed by atoms with Crippen molar-refractivity contribution in [2.75, 3.05) is 25.0 Å². The Morgan fingerprint density at radius 3 is 2.84 bits per heavy atom. The van der Waals surface area contributed by atoms with Crippen molar-refractivity contribution in [3.05, 3.63) is 23.9 Å². The van der Waals surface area contributed by atoms with Gasteiger partial charge in [-0.05, 0) is 44.5 Å². The van der Waals surface area contributed by atoms with E-state index < -0.39 is 0 Å². The maximum absolute atomic E-state index is 8.86. The first-order valence-electron chi connectivity index (χ1n) is 6.88. The zero-order valence-electron chi connectivity index (χ0n) is 12.3. The fourth-order valence-electron chi connectivity index (χ4n) is 1.94. The summed E-state index contributed by atoms with van der Waals surface area (Å²) >= 11 is 0. The zero-order valence-corrected chi connectivity index (χ0v) is 12.3. The standard InChI is InChI=1S/C15H24N4/c1-5-7-17-13(3)14-6-8-18-15(9-14)19(4)11-12(2)10-16/h6,8-9,12-13,17H,5,7,11H2,1-4H3. The third-order valence-corrected chi connectivity index (χ3v) is 3.13. The predicted molar refractivity (Wildman–Crippen MR) is 79.0 cm³/mol. The molecule has 0 radical (unpaired) electrons. The lowest BCUT2D eigenvalue weighted by Crippen LogP contribution is -2.25. The predicted octanol–water partition coefficient (Wildman–Crippen LogP) is 2.74. The molecule has 0 aliphatic rings. The average molecular weight is 260 g/mol. The fourth-order valence-corrected chi connectivity index (χ4v) is 1.94. The molecule has 104 valence electrons. The SMILES string of the molecule is CCCNC(C)c1ccnc(N(C)CC(C)C#N)c1. The summed E-state index contributed by atoms with van der Waals surface area (Å²) in [4.78, 5) is 6.41. The normalized spacial score (nSPS) is 13.6. The third kappa shape index (κ3) is 4.88. The Bertz CT molecular complexity index is 424. The van der Waals surface area contributed by atoms with Gasteiger partial charge >= 0.3 is 0 Å². The quantitative estimate of drug-likeness (QED) is 0.819. The average Bonchev–Trinajstić information content (AvgIpc) is 2.44. The molecule has 4 heteroatoms. The van der Waals surface area contributed by atoms with Crippen LogP contribution in [-0.2, 0) is 0 Å². The summed E-state index contributed by atoms with van der Waals surface area (Å²) in [5.41, 5.74) is 1.23. The number of nitriles is 1. The Labute approximate surface area is 116 Å². The van der Waals surface area contributed by atoms with E-state index in [1.165, 1.54) is 5.56 Å². The summed E-state index contributed by atoms with van der Waals surface area (Å²) in [6, 6.07) is 6.71. The number of anilines is 1. The monoisotopic (exact) mass is 260 g/mol. The first kappa shape index (κ1) is 15.5. The lowest BCUT2D eigenvalue weighted by atomic mass is 10.1. The van der Waals surface area contributed by atoms with Crippen LogP contribution in [0.25, 0.3) is 0 Å². The van der Waals surface area contributed by atoms with Crippen LogP contribution in [0, 0.1) is 17.2 Å². The molecule has 2 atom stereocenters. The number of nitrogens with zero attached hydrogens (tertiary/aromatic N) is 3. The van der Waals surface area contributed by atoms with Crippen molar-refractivity contribution in [2.24, 2.45) is 5.92 Å². The van der Waals surface area contributed by atoms with Crippen LogP contribution >= 0.6 is 0 Å². The Morgan fingerprint density at radius 1 is 1.47 bits per heavy atom. The van der Waals surface area contributed by atoms with Gasteiger partial charge in [0.15, 0.2) is 0 Å². The second kappa shape index (κ2) is 7.75. The van der Waals surface area contributed by atoms with Gasteiger partial charge in [-0.1, -0.05) is 6.92 Å². The molecule has 1 heterocycles. The topological polar surface area (TPSA) is 52.0 Å². The summed E-state index contributed by atoms with van der Waals surface area (Å²) in [7, 11) is 1.98. The molecule has 19 heavy (non-hydrogen) atoms. The Hall–Kier alpha value is -1.60. The Morgan fingerprint density at radius 2 is 2.21 bits per heavy atom. The first-order valence-corrected chi connectivity index (χ1v) is 6.88. The summed E-state index contributed by atoms with van der Waals surface area (Å²) in [6.07, 6.45) is 2.96. The number of aromatic nitrogens is 1. The van der Waals surface area contributed by atoms with Crippen molar-refractivity contribution >= 4 is 5.82 Å². The highest BCUT2D eigenvalue weighted by atomic mass is 15.2. The van der Waals surface area contributed by atoms with Crippen molar-refractivity contribution in [1.82, 2.24) is 10.3 Å². The third-order valence-electron chi connectivity index (χ3n) is 3.13. The van der Waals surface area contributed by atoms with Crippen LogP contribution in [0.5, 0.6) is 0 Å². The molecular formula is C15H24N4. The highest BCUT2D eigenvalue weighted by Crippen LogP contribution is 2.18. The minimum atomic E-state index is 0.00564. The number of hydrogen-bond donors (Lipinski definition) is 1. The van der Waals surface area contributed by atoms with Crippen molar-refractivity contribution in [3.8, 4) is 6.07 Å². The van der Waals surface area contributed by atoms with E-state index in [0.717, 1.165) is 18.8 Å². The van der Waals surface area contributed by atoms with Gasteiger partial charge in [0.05, 0.1) is 12.0 Å². The van der Waals surface area contributed by atoms with E-state index >= 15 is 0 Å². The molecule has 0 saturated carbocycles. The van der Waals surface area contributed by atoms with E-state index in [-0.39, 0.29) is 5.92 Å². The van der Waals surface area contributed by atoms with Crippen LogP contribution in [0.1, 0.15) is 38.8 Å². The van der Waals surface area contributed by atoms with Crippen LogP contribution < -0.4 is 10.2 Å². The molecular weight excluding hydrogens is 236 g/mol. The van der Waals surface area contributed by atoms with E-state index in [2.05, 4.69) is 36.3 Å². The number of hydrogen-bond acceptors (Lipinski definition) is 4. The van der Waals surface area contributed by atoms with E-state index in [1.54, 1.807) is 0 Å². The second-order valence-electron chi connectivity index (χ2n) is 5.03. The highest BCUT2D eigenvalue weighted by molar-refractivity contribution is 5.41. The van der Waals surface area contributed by atoms with Gasteiger partial charge in [0.25, 0.3) is 0 Å². The molecule has 4 nitrogen and oxygen atoms in total. The van der Waals surface area contributed by atoms with Gasteiger partial charge in [0.2, 0.25) is 0 Å². The molecule has 1 N–H and O–H groups in total. The molecule has 1 rings (SSSR count). The smallest absolute Gasteiger partial charge is 0.128 e. The maximum Gasteiger partial charge on any atom is 0.128 e. The van der Waals surface area contributed by atoms with Crippen LogP contribution in [0.3, 0.4) is 0 Å². The van der Waals surface area contributed by atoms with Gasteiger partial charge < -0.3 is 10.2 Å². The lowest BCUT2D eigenvalue weighted by Gasteiger charge is -2.21. The molecule has 0 aromatic carbocycles. The molecule has 2 unspecified atom stereocenters. The van der Waals surface area contributed by atoms with Gasteiger partial charge in [0, 0.05) is 25.8 Å². The van der Waals surface area contributed by atoms with Gasteiger partial charge in [-0.15, -0.1) is 0 Å². The molecule has 0 fully saturated rings. The molecule has 0 bridgehead atoms. The van der Waals surface area contributed by atoms with Crippen molar-refractivity contribution in [3.63, 3.8) is 0 Å². The first-order chi connectivity index (χ1) is 9.08. The minimum Gasteiger partial charge on any atom is -0.358 e. The minimum absolute atomic E-state index is 0.00564. The number of nitrogens with one attached hydrogen (secondary N) is 1. The Kier molecular flexibility index (Phi) is 6.31. The molecule has 0 amide bonds. The van der Waals surface area contributed by atoms with Gasteiger partial charge in [-0.3, -0.25) is 0 Å². The van der Waals surface area contributed by atoms with E-state index in [1.807, 2.05) is 31.1 Å². The molecule has 1 aromatic rings. The Balaban J connectivity index is 2.73. The number of rotatable bonds is 7. The van der Waals surface area contributed by atoms with Crippen molar-refractivity contribution in [1.29, 1.82) is 5.26 Å². The lowest BCUT2D eigenvalue weighted by molar-refractivity contribution is 0.570. The summed E-state index contributed by atoms with van der Waals surface area (Å²) in [5, 5.41) is 12.3. The van der Waals surface area contributed by atoms with Gasteiger partial charge in [-0.2, -0.15) is 5.26 Å². The van der Waals surface area contributed by atoms with Crippen LogP contribution in [0.4, 0.5) is 5.82 Å². The van der Waals surface area contributed by atoms with Gasteiger partial charge in [0.1, 0.15) is 5.82 Å². The maximum atomic E-state index is 8.86. The second-order valence-corrected chi connectivity index (χ2v) is 5.03. The molecule has 0 aliphatic heterocycles. The van der Waals surface area contributed by atoms with E-state index in [0.29, 0.717) is 12.6 Å². The van der Waals surface area contributed by atoms with Crippen LogP contribution in [0.2, 0.25) is 0 Å². The van der Waals surface area contributed by atoms with Crippen molar-refractivity contribution < 1.29 is 0 Å². The number of pyridine rings is 1. The van der Waals surface area contributed by atoms with Crippen LogP contribution in [0.15, 0.2) is 18.3 Å². The van der Waals surface area contributed by atoms with E-state index in [4.69, 9.17) is 5.26 Å². The molecule has 1 aromatic heterocycles. The summed E-state index contributed by atoms with van der Waals surface area (Å²) in [5.74, 6) is 0.927. The van der Waals surface area contributed by atoms with Gasteiger partial charge in [-0.25, -0.2) is 4.98 Å². The highest BCUT2D eigenvalue weighted by Gasteiger charge is 2.10. The van der Waals surface area contributed by atoms with Crippen molar-refractivity contribution in [2.45, 2.75) is 33.2 Å². The molecule has 0 aliphatic carbocycles. The van der Waals surface area contributed by atoms with Crippen LogP contribution in [-0.4, -0.2) is 25.1 Å². The summed E-state index contributed by atoms with van der Waals surface area (Å²) < 4.78 is 0. The fraction of sp³-hybridized carbons (Fsp3) is 0.600. The molecule has 0 spiro atoms.